The maximum atomic E-state index is 12.7. The Labute approximate surface area is 84.4 Å². The van der Waals surface area contributed by atoms with Gasteiger partial charge in [0.2, 0.25) is 11.9 Å². The summed E-state index contributed by atoms with van der Waals surface area (Å²) in [6.07, 6.45) is 2.53. The van der Waals surface area contributed by atoms with Gasteiger partial charge in [-0.2, -0.15) is 8.78 Å². The lowest BCUT2D eigenvalue weighted by atomic mass is 10.4. The summed E-state index contributed by atoms with van der Waals surface area (Å²) in [6.45, 7) is 0. The van der Waals surface area contributed by atoms with Crippen molar-refractivity contribution < 1.29 is 13.5 Å². The van der Waals surface area contributed by atoms with Crippen LogP contribution in [0.5, 0.6) is 11.5 Å². The molecule has 0 N–H and O–H groups in total. The molecule has 3 nitrogen and oxygen atoms in total. The highest BCUT2D eigenvalue weighted by molar-refractivity contribution is 5.27. The molecule has 0 fully saturated rings. The summed E-state index contributed by atoms with van der Waals surface area (Å²) in [6, 6.07) is 5.17. The van der Waals surface area contributed by atoms with Crippen molar-refractivity contribution in [3.63, 3.8) is 0 Å². The number of aromatic nitrogens is 2. The SMILES string of the molecule is Fc1cc(Oc2ccnc(F)c2)ccn1. The normalized spacial score (nSPS) is 10.0. The summed E-state index contributed by atoms with van der Waals surface area (Å²) in [7, 11) is 0. The van der Waals surface area contributed by atoms with Crippen molar-refractivity contribution in [3.8, 4) is 11.5 Å². The molecule has 0 aliphatic heterocycles. The van der Waals surface area contributed by atoms with E-state index in [1.54, 1.807) is 0 Å². The van der Waals surface area contributed by atoms with Crippen molar-refractivity contribution in [2.75, 3.05) is 0 Å². The molecule has 2 heterocycles. The molecule has 15 heavy (non-hydrogen) atoms. The molecule has 0 saturated carbocycles. The minimum Gasteiger partial charge on any atom is -0.457 e. The third kappa shape index (κ3) is 2.46. The molecular formula is C10H6F2N2O. The topological polar surface area (TPSA) is 35.0 Å². The number of nitrogens with zero attached hydrogens (tertiary/aromatic N) is 2. The van der Waals surface area contributed by atoms with Gasteiger partial charge < -0.3 is 4.74 Å². The monoisotopic (exact) mass is 208 g/mol. The molecule has 0 atom stereocenters. The molecule has 0 saturated heterocycles. The van der Waals surface area contributed by atoms with E-state index in [0.29, 0.717) is 0 Å². The number of hydrogen-bond donors (Lipinski definition) is 0. The largest absolute Gasteiger partial charge is 0.457 e. The van der Waals surface area contributed by atoms with E-state index in [1.807, 2.05) is 0 Å². The molecule has 2 aromatic rings. The first-order chi connectivity index (χ1) is 7.24. The van der Waals surface area contributed by atoms with Gasteiger partial charge in [0.25, 0.3) is 0 Å². The lowest BCUT2D eigenvalue weighted by Gasteiger charge is -2.04. The summed E-state index contributed by atoms with van der Waals surface area (Å²) < 4.78 is 30.5. The quantitative estimate of drug-likeness (QED) is 0.711. The van der Waals surface area contributed by atoms with Crippen LogP contribution in [0.3, 0.4) is 0 Å². The average molecular weight is 208 g/mol. The molecule has 0 aliphatic rings. The van der Waals surface area contributed by atoms with Crippen molar-refractivity contribution in [2.45, 2.75) is 0 Å². The van der Waals surface area contributed by atoms with Crippen LogP contribution >= 0.6 is 0 Å². The lowest BCUT2D eigenvalue weighted by Crippen LogP contribution is -1.89. The Morgan fingerprint density at radius 3 is 1.73 bits per heavy atom. The van der Waals surface area contributed by atoms with E-state index in [9.17, 15) is 8.78 Å². The van der Waals surface area contributed by atoms with Crippen molar-refractivity contribution >= 4 is 0 Å². The smallest absolute Gasteiger partial charge is 0.216 e. The molecule has 0 radical (unpaired) electrons. The van der Waals surface area contributed by atoms with Crippen LogP contribution in [0.4, 0.5) is 8.78 Å². The Kier molecular flexibility index (Phi) is 2.53. The molecule has 0 aromatic carbocycles. The van der Waals surface area contributed by atoms with Gasteiger partial charge in [-0.25, -0.2) is 9.97 Å². The first kappa shape index (κ1) is 9.51. The number of pyridine rings is 2. The van der Waals surface area contributed by atoms with E-state index in [0.717, 1.165) is 12.1 Å². The number of ether oxygens (including phenoxy) is 1. The van der Waals surface area contributed by atoms with Gasteiger partial charge in [-0.3, -0.25) is 0 Å². The Bertz CT molecular complexity index is 433. The first-order valence-corrected chi connectivity index (χ1v) is 4.15. The number of hydrogen-bond acceptors (Lipinski definition) is 3. The van der Waals surface area contributed by atoms with Crippen LogP contribution in [0, 0.1) is 11.9 Å². The Balaban J connectivity index is 2.22. The minimum absolute atomic E-state index is 0.258. The van der Waals surface area contributed by atoms with Crippen molar-refractivity contribution in [3.05, 3.63) is 48.6 Å². The van der Waals surface area contributed by atoms with Gasteiger partial charge in [0.05, 0.1) is 0 Å². The highest BCUT2D eigenvalue weighted by atomic mass is 19.1. The second-order valence-electron chi connectivity index (χ2n) is 2.73. The number of halogens is 2. The van der Waals surface area contributed by atoms with Gasteiger partial charge in [-0.15, -0.1) is 0 Å². The fourth-order valence-electron chi connectivity index (χ4n) is 1.03. The number of rotatable bonds is 2. The highest BCUT2D eigenvalue weighted by Crippen LogP contribution is 2.20. The standard InChI is InChI=1S/C10H6F2N2O/c11-9-5-7(1-3-13-9)15-8-2-4-14-10(12)6-8/h1-6H. The Morgan fingerprint density at radius 1 is 0.867 bits per heavy atom. The van der Waals surface area contributed by atoms with E-state index in [1.165, 1.54) is 24.5 Å². The Morgan fingerprint density at radius 2 is 1.33 bits per heavy atom. The zero-order valence-corrected chi connectivity index (χ0v) is 7.52. The molecule has 0 bridgehead atoms. The molecule has 0 amide bonds. The van der Waals surface area contributed by atoms with Gasteiger partial charge in [0.1, 0.15) is 11.5 Å². The first-order valence-electron chi connectivity index (χ1n) is 4.15. The van der Waals surface area contributed by atoms with Crippen molar-refractivity contribution in [1.82, 2.24) is 9.97 Å². The van der Waals surface area contributed by atoms with Gasteiger partial charge in [0, 0.05) is 24.5 Å². The molecule has 5 heteroatoms. The zero-order valence-electron chi connectivity index (χ0n) is 7.52. The van der Waals surface area contributed by atoms with E-state index in [2.05, 4.69) is 9.97 Å². The van der Waals surface area contributed by atoms with E-state index >= 15 is 0 Å². The molecule has 0 unspecified atom stereocenters. The fraction of sp³-hybridized carbons (Fsp3) is 0. The second-order valence-corrected chi connectivity index (χ2v) is 2.73. The molecule has 2 rings (SSSR count). The summed E-state index contributed by atoms with van der Waals surface area (Å²) in [4.78, 5) is 6.73. The van der Waals surface area contributed by atoms with E-state index < -0.39 is 11.9 Å². The third-order valence-corrected chi connectivity index (χ3v) is 1.63. The average Bonchev–Trinajstić information content (AvgIpc) is 2.17. The van der Waals surface area contributed by atoms with E-state index in [-0.39, 0.29) is 11.5 Å². The van der Waals surface area contributed by atoms with Gasteiger partial charge in [-0.1, -0.05) is 0 Å². The molecule has 76 valence electrons. The van der Waals surface area contributed by atoms with Gasteiger partial charge >= 0.3 is 0 Å². The van der Waals surface area contributed by atoms with Crippen molar-refractivity contribution in [1.29, 1.82) is 0 Å². The summed E-state index contributed by atoms with van der Waals surface area (Å²) >= 11 is 0. The maximum Gasteiger partial charge on any atom is 0.216 e. The highest BCUT2D eigenvalue weighted by Gasteiger charge is 2.00. The van der Waals surface area contributed by atoms with Gasteiger partial charge in [0.15, 0.2) is 0 Å². The third-order valence-electron chi connectivity index (χ3n) is 1.63. The van der Waals surface area contributed by atoms with Crippen LogP contribution in [0.1, 0.15) is 0 Å². The van der Waals surface area contributed by atoms with Crippen LogP contribution in [-0.2, 0) is 0 Å². The molecule has 2 aromatic heterocycles. The van der Waals surface area contributed by atoms with Crippen LogP contribution in [0.2, 0.25) is 0 Å². The van der Waals surface area contributed by atoms with Crippen LogP contribution < -0.4 is 4.74 Å². The van der Waals surface area contributed by atoms with Crippen LogP contribution in [0.15, 0.2) is 36.7 Å². The lowest BCUT2D eigenvalue weighted by molar-refractivity contribution is 0.463. The fourth-order valence-corrected chi connectivity index (χ4v) is 1.03. The predicted molar refractivity (Wildman–Crippen MR) is 48.5 cm³/mol. The molecular weight excluding hydrogens is 202 g/mol. The van der Waals surface area contributed by atoms with Crippen LogP contribution in [0.25, 0.3) is 0 Å². The van der Waals surface area contributed by atoms with Crippen LogP contribution in [-0.4, -0.2) is 9.97 Å². The summed E-state index contributed by atoms with van der Waals surface area (Å²) in [5.74, 6) is -0.787. The molecule has 0 spiro atoms. The van der Waals surface area contributed by atoms with Gasteiger partial charge in [-0.05, 0) is 12.1 Å². The van der Waals surface area contributed by atoms with E-state index in [4.69, 9.17) is 4.74 Å². The Hall–Kier alpha value is -2.04. The zero-order chi connectivity index (χ0) is 10.7. The second kappa shape index (κ2) is 4.00. The predicted octanol–water partition coefficient (Wildman–Crippen LogP) is 2.55. The molecule has 0 aliphatic carbocycles. The maximum absolute atomic E-state index is 12.7. The summed E-state index contributed by atoms with van der Waals surface area (Å²) in [5, 5.41) is 0. The van der Waals surface area contributed by atoms with Crippen molar-refractivity contribution in [2.24, 2.45) is 0 Å². The minimum atomic E-state index is -0.651. The summed E-state index contributed by atoms with van der Waals surface area (Å²) in [5.41, 5.74) is 0.